The van der Waals surface area contributed by atoms with Crippen molar-refractivity contribution in [2.45, 2.75) is 59.7 Å². The Morgan fingerprint density at radius 3 is 2.41 bits per heavy atom. The molecule has 3 N–H and O–H groups in total. The number of aromatic nitrogens is 2. The number of carboxylic acid groups (broad SMARTS) is 1. The lowest BCUT2D eigenvalue weighted by Gasteiger charge is -2.33. The Balaban J connectivity index is 0.000000302. The number of fused-ring (bicyclic) bond motifs is 1. The Morgan fingerprint density at radius 1 is 1.21 bits per heavy atom. The number of benzene rings is 2. The first-order valence-electron chi connectivity index (χ1n) is 11.2. The summed E-state index contributed by atoms with van der Waals surface area (Å²) in [5.41, 5.74) is 2.95. The van der Waals surface area contributed by atoms with Gasteiger partial charge in [0, 0.05) is 5.69 Å². The molecule has 1 aromatic heterocycles. The van der Waals surface area contributed by atoms with Crippen LogP contribution in [0, 0.1) is 18.3 Å². The number of aromatic amines is 1. The summed E-state index contributed by atoms with van der Waals surface area (Å²) in [5.74, 6) is -0.0550. The van der Waals surface area contributed by atoms with Crippen LogP contribution >= 0.6 is 0 Å². The summed E-state index contributed by atoms with van der Waals surface area (Å²) in [6.07, 6.45) is 1.05. The van der Waals surface area contributed by atoms with E-state index in [2.05, 4.69) is 40.8 Å². The van der Waals surface area contributed by atoms with E-state index in [0.29, 0.717) is 33.6 Å². The van der Waals surface area contributed by atoms with E-state index in [9.17, 15) is 18.0 Å². The van der Waals surface area contributed by atoms with Crippen LogP contribution in [0.2, 0.25) is 0 Å². The molecule has 0 spiro atoms. The van der Waals surface area contributed by atoms with E-state index in [4.69, 9.17) is 5.11 Å². The number of halogens is 3. The third-order valence-electron chi connectivity index (χ3n) is 5.94. The second kappa shape index (κ2) is 9.95. The molecular formula is C25H30F3N3O3. The minimum Gasteiger partial charge on any atom is -0.478 e. The average molecular weight is 478 g/mol. The Kier molecular flexibility index (Phi) is 7.43. The molecule has 0 bridgehead atoms. The first kappa shape index (κ1) is 25.4. The smallest absolute Gasteiger partial charge is 0.478 e. The highest BCUT2D eigenvalue weighted by atomic mass is 19.4. The Labute approximate surface area is 196 Å². The van der Waals surface area contributed by atoms with Gasteiger partial charge in [-0.2, -0.15) is 0 Å². The molecule has 1 unspecified atom stereocenters. The van der Waals surface area contributed by atoms with Crippen molar-refractivity contribution in [3.8, 4) is 5.75 Å². The van der Waals surface area contributed by atoms with Gasteiger partial charge in [0.1, 0.15) is 5.75 Å². The minimum absolute atomic E-state index is 0.152. The van der Waals surface area contributed by atoms with Crippen molar-refractivity contribution in [3.05, 3.63) is 47.5 Å². The molecule has 34 heavy (non-hydrogen) atoms. The fraction of sp³-hybridized carbons (Fsp3) is 0.440. The van der Waals surface area contributed by atoms with E-state index in [-0.39, 0.29) is 11.3 Å². The number of anilines is 2. The fourth-order valence-electron chi connectivity index (χ4n) is 4.46. The van der Waals surface area contributed by atoms with Crippen LogP contribution in [0.3, 0.4) is 0 Å². The van der Waals surface area contributed by atoms with Crippen molar-refractivity contribution >= 4 is 28.6 Å². The SMILES string of the molecule is CC1CCCC(C)(C)C1.Cc1c(C(=O)O)ccc2[nH]c(Nc3ccc(OC(F)(F)F)cc3)nc12. The average Bonchev–Trinajstić information content (AvgIpc) is 3.11. The molecule has 6 nitrogen and oxygen atoms in total. The third kappa shape index (κ3) is 6.88. The maximum atomic E-state index is 12.1. The van der Waals surface area contributed by atoms with Crippen molar-refractivity contribution < 1.29 is 27.8 Å². The van der Waals surface area contributed by atoms with Crippen molar-refractivity contribution in [1.29, 1.82) is 0 Å². The highest BCUT2D eigenvalue weighted by molar-refractivity contribution is 5.96. The van der Waals surface area contributed by atoms with Gasteiger partial charge in [-0.3, -0.25) is 0 Å². The summed E-state index contributed by atoms with van der Waals surface area (Å²) >= 11 is 0. The number of aryl methyl sites for hydroxylation is 1. The standard InChI is InChI=1S/C16H12F3N3O3.C9H18/c1-8-11(14(23)24)6-7-12-13(8)22-15(21-12)20-9-2-4-10(5-3-9)25-16(17,18)19;1-8-5-4-6-9(2,3)7-8/h2-7H,1H3,(H,23,24)(H2,20,21,22);8H,4-7H2,1-3H3. The monoisotopic (exact) mass is 477 g/mol. The zero-order valence-corrected chi connectivity index (χ0v) is 19.7. The van der Waals surface area contributed by atoms with E-state index in [1.807, 2.05) is 0 Å². The summed E-state index contributed by atoms with van der Waals surface area (Å²) in [6, 6.07) is 8.24. The molecule has 2 aromatic carbocycles. The van der Waals surface area contributed by atoms with Gasteiger partial charge in [-0.25, -0.2) is 9.78 Å². The maximum Gasteiger partial charge on any atom is 0.573 e. The molecule has 4 rings (SSSR count). The quantitative estimate of drug-likeness (QED) is 0.364. The number of nitrogens with zero attached hydrogens (tertiary/aromatic N) is 1. The molecule has 0 aliphatic heterocycles. The van der Waals surface area contributed by atoms with Crippen LogP contribution in [0.15, 0.2) is 36.4 Å². The Morgan fingerprint density at radius 2 is 1.88 bits per heavy atom. The van der Waals surface area contributed by atoms with Crippen molar-refractivity contribution in [2.75, 3.05) is 5.32 Å². The van der Waals surface area contributed by atoms with E-state index < -0.39 is 12.3 Å². The largest absolute Gasteiger partial charge is 0.573 e. The predicted octanol–water partition coefficient (Wildman–Crippen LogP) is 7.43. The zero-order chi connectivity index (χ0) is 25.1. The van der Waals surface area contributed by atoms with Gasteiger partial charge < -0.3 is 20.1 Å². The Bertz CT molecular complexity index is 1140. The number of ether oxygens (including phenoxy) is 1. The van der Waals surface area contributed by atoms with Crippen molar-refractivity contribution in [1.82, 2.24) is 9.97 Å². The third-order valence-corrected chi connectivity index (χ3v) is 5.94. The number of nitrogens with one attached hydrogen (secondary N) is 2. The van der Waals surface area contributed by atoms with Gasteiger partial charge in [0.15, 0.2) is 0 Å². The van der Waals surface area contributed by atoms with Gasteiger partial charge in [-0.15, -0.1) is 13.2 Å². The number of rotatable bonds is 4. The maximum absolute atomic E-state index is 12.1. The van der Waals surface area contributed by atoms with E-state index >= 15 is 0 Å². The number of alkyl halides is 3. The molecule has 9 heteroatoms. The number of hydrogen-bond acceptors (Lipinski definition) is 4. The number of hydrogen-bond donors (Lipinski definition) is 3. The summed E-state index contributed by atoms with van der Waals surface area (Å²) in [7, 11) is 0. The molecule has 184 valence electrons. The second-order valence-corrected chi connectivity index (χ2v) is 9.59. The van der Waals surface area contributed by atoms with Crippen LogP contribution in [0.25, 0.3) is 11.0 Å². The second-order valence-electron chi connectivity index (χ2n) is 9.59. The number of carboxylic acids is 1. The molecule has 0 saturated heterocycles. The van der Waals surface area contributed by atoms with E-state index in [1.165, 1.54) is 56.0 Å². The van der Waals surface area contributed by atoms with Gasteiger partial charge in [0.2, 0.25) is 5.95 Å². The highest BCUT2D eigenvalue weighted by Gasteiger charge is 2.31. The molecule has 1 aliphatic rings. The molecule has 1 saturated carbocycles. The lowest BCUT2D eigenvalue weighted by molar-refractivity contribution is -0.274. The lowest BCUT2D eigenvalue weighted by atomic mass is 9.73. The van der Waals surface area contributed by atoms with Crippen LogP contribution in [0.4, 0.5) is 24.8 Å². The fourth-order valence-corrected chi connectivity index (χ4v) is 4.46. The summed E-state index contributed by atoms with van der Waals surface area (Å²) in [5, 5.41) is 12.0. The van der Waals surface area contributed by atoms with Crippen LogP contribution in [0.5, 0.6) is 5.75 Å². The summed E-state index contributed by atoms with van der Waals surface area (Å²) in [6.45, 7) is 8.81. The Hall–Kier alpha value is -3.23. The van der Waals surface area contributed by atoms with E-state index in [1.54, 1.807) is 13.0 Å². The number of aromatic carboxylic acids is 1. The normalized spacial score (nSPS) is 17.6. The van der Waals surface area contributed by atoms with Gasteiger partial charge in [-0.1, -0.05) is 33.6 Å². The molecule has 0 radical (unpaired) electrons. The summed E-state index contributed by atoms with van der Waals surface area (Å²) in [4.78, 5) is 18.4. The van der Waals surface area contributed by atoms with Crippen molar-refractivity contribution in [2.24, 2.45) is 11.3 Å². The number of H-pyrrole nitrogens is 1. The predicted molar refractivity (Wildman–Crippen MR) is 126 cm³/mol. The molecular weight excluding hydrogens is 447 g/mol. The summed E-state index contributed by atoms with van der Waals surface area (Å²) < 4.78 is 40.2. The number of carbonyl (C=O) groups is 1. The van der Waals surface area contributed by atoms with E-state index in [0.717, 1.165) is 5.92 Å². The first-order valence-corrected chi connectivity index (χ1v) is 11.2. The number of imidazole rings is 1. The zero-order valence-electron chi connectivity index (χ0n) is 19.7. The molecule has 1 fully saturated rings. The minimum atomic E-state index is -4.74. The molecule has 1 heterocycles. The van der Waals surface area contributed by atoms with Crippen LogP contribution in [0.1, 0.15) is 62.4 Å². The topological polar surface area (TPSA) is 87.2 Å². The molecule has 1 aliphatic carbocycles. The van der Waals surface area contributed by atoms with Gasteiger partial charge in [0.05, 0.1) is 16.6 Å². The van der Waals surface area contributed by atoms with Crippen LogP contribution < -0.4 is 10.1 Å². The van der Waals surface area contributed by atoms with Crippen LogP contribution in [-0.4, -0.2) is 27.4 Å². The molecule has 1 atom stereocenters. The first-order chi connectivity index (χ1) is 15.8. The van der Waals surface area contributed by atoms with Crippen molar-refractivity contribution in [3.63, 3.8) is 0 Å². The molecule has 3 aromatic rings. The van der Waals surface area contributed by atoms with Crippen LogP contribution in [-0.2, 0) is 0 Å². The van der Waals surface area contributed by atoms with Gasteiger partial charge >= 0.3 is 12.3 Å². The van der Waals surface area contributed by atoms with Gasteiger partial charge in [0.25, 0.3) is 0 Å². The lowest BCUT2D eigenvalue weighted by Crippen LogP contribution is -2.20. The van der Waals surface area contributed by atoms with Gasteiger partial charge in [-0.05, 0) is 73.1 Å². The molecule has 0 amide bonds. The highest BCUT2D eigenvalue weighted by Crippen LogP contribution is 2.38.